The van der Waals surface area contributed by atoms with E-state index in [1.54, 1.807) is 14.2 Å². The average molecular weight is 231 g/mol. The normalized spacial score (nSPS) is 10.1. The molecule has 0 radical (unpaired) electrons. The minimum absolute atomic E-state index is 0.467. The van der Waals surface area contributed by atoms with Crippen molar-refractivity contribution in [2.75, 3.05) is 27.4 Å². The zero-order valence-electron chi connectivity index (χ0n) is 8.96. The number of halogens is 1. The van der Waals surface area contributed by atoms with Crippen molar-refractivity contribution in [2.45, 2.75) is 5.88 Å². The van der Waals surface area contributed by atoms with E-state index in [-0.39, 0.29) is 0 Å². The third-order valence-electron chi connectivity index (χ3n) is 1.93. The summed E-state index contributed by atoms with van der Waals surface area (Å²) in [6.45, 7) is 1.06. The molecule has 0 spiro atoms. The van der Waals surface area contributed by atoms with Crippen molar-refractivity contribution in [3.8, 4) is 11.5 Å². The fourth-order valence-corrected chi connectivity index (χ4v) is 1.32. The lowest BCUT2D eigenvalue weighted by atomic mass is 10.2. The van der Waals surface area contributed by atoms with Crippen LogP contribution in [0.15, 0.2) is 18.2 Å². The molecular weight excluding hydrogens is 216 g/mol. The summed E-state index contributed by atoms with van der Waals surface area (Å²) in [5.41, 5.74) is 1.01. The van der Waals surface area contributed by atoms with Crippen LogP contribution in [-0.4, -0.2) is 27.4 Å². The van der Waals surface area contributed by atoms with Crippen LogP contribution in [0.5, 0.6) is 11.5 Å². The van der Waals surface area contributed by atoms with Gasteiger partial charge in [0.15, 0.2) is 11.5 Å². The van der Waals surface area contributed by atoms with Gasteiger partial charge in [0.25, 0.3) is 0 Å². The third kappa shape index (κ3) is 3.61. The molecule has 1 aromatic rings. The highest BCUT2D eigenvalue weighted by Crippen LogP contribution is 2.28. The Morgan fingerprint density at radius 1 is 1.13 bits per heavy atom. The molecule has 0 amide bonds. The molecule has 0 aliphatic heterocycles. The summed E-state index contributed by atoms with van der Waals surface area (Å²) in [4.78, 5) is 0. The quantitative estimate of drug-likeness (QED) is 0.555. The lowest BCUT2D eigenvalue weighted by Crippen LogP contribution is -2.05. The van der Waals surface area contributed by atoms with E-state index in [4.69, 9.17) is 25.8 Å². The summed E-state index contributed by atoms with van der Waals surface area (Å²) in [6.07, 6.45) is 0. The van der Waals surface area contributed by atoms with Crippen LogP contribution in [0.25, 0.3) is 0 Å². The van der Waals surface area contributed by atoms with Crippen LogP contribution in [-0.2, 0) is 10.6 Å². The number of hydrogen-bond donors (Lipinski definition) is 0. The number of hydrogen-bond acceptors (Lipinski definition) is 3. The predicted molar refractivity (Wildman–Crippen MR) is 59.9 cm³/mol. The summed E-state index contributed by atoms with van der Waals surface area (Å²) < 4.78 is 15.6. The van der Waals surface area contributed by atoms with Crippen molar-refractivity contribution >= 4 is 11.6 Å². The largest absolute Gasteiger partial charge is 0.493 e. The van der Waals surface area contributed by atoms with Gasteiger partial charge in [-0.25, -0.2) is 0 Å². The predicted octanol–water partition coefficient (Wildman–Crippen LogP) is 2.46. The maximum atomic E-state index is 5.72. The molecule has 0 N–H and O–H groups in total. The van der Waals surface area contributed by atoms with Gasteiger partial charge in [-0.3, -0.25) is 0 Å². The number of alkyl halides is 1. The Bertz CT molecular complexity index is 302. The van der Waals surface area contributed by atoms with E-state index in [1.165, 1.54) is 0 Å². The van der Waals surface area contributed by atoms with Crippen molar-refractivity contribution in [3.05, 3.63) is 23.8 Å². The first-order valence-corrected chi connectivity index (χ1v) is 5.20. The second kappa shape index (κ2) is 6.53. The monoisotopic (exact) mass is 230 g/mol. The van der Waals surface area contributed by atoms with Gasteiger partial charge in [-0.05, 0) is 17.7 Å². The maximum Gasteiger partial charge on any atom is 0.161 e. The Hall–Kier alpha value is -0.930. The highest BCUT2D eigenvalue weighted by molar-refractivity contribution is 6.17. The van der Waals surface area contributed by atoms with Crippen LogP contribution >= 0.6 is 11.6 Å². The number of ether oxygens (including phenoxy) is 3. The van der Waals surface area contributed by atoms with Crippen molar-refractivity contribution < 1.29 is 14.2 Å². The first kappa shape index (κ1) is 12.1. The van der Waals surface area contributed by atoms with Crippen LogP contribution in [0, 0.1) is 0 Å². The summed E-state index contributed by atoms with van der Waals surface area (Å²) >= 11 is 5.72. The molecule has 1 aromatic carbocycles. The minimum Gasteiger partial charge on any atom is -0.493 e. The first-order chi connectivity index (χ1) is 7.31. The summed E-state index contributed by atoms with van der Waals surface area (Å²) in [7, 11) is 3.24. The Kier molecular flexibility index (Phi) is 5.29. The zero-order chi connectivity index (χ0) is 11.1. The van der Waals surface area contributed by atoms with Crippen molar-refractivity contribution in [1.29, 1.82) is 0 Å². The van der Waals surface area contributed by atoms with Gasteiger partial charge in [0.2, 0.25) is 0 Å². The fourth-order valence-electron chi connectivity index (χ4n) is 1.15. The van der Waals surface area contributed by atoms with Gasteiger partial charge in [-0.1, -0.05) is 6.07 Å². The van der Waals surface area contributed by atoms with Gasteiger partial charge in [0.1, 0.15) is 6.61 Å². The number of benzene rings is 1. The molecule has 84 valence electrons. The van der Waals surface area contributed by atoms with E-state index in [1.807, 2.05) is 18.2 Å². The molecule has 0 bridgehead atoms. The van der Waals surface area contributed by atoms with E-state index in [2.05, 4.69) is 0 Å². The molecule has 0 atom stereocenters. The Morgan fingerprint density at radius 2 is 1.93 bits per heavy atom. The third-order valence-corrected chi connectivity index (χ3v) is 2.24. The van der Waals surface area contributed by atoms with Crippen LogP contribution in [0.3, 0.4) is 0 Å². The number of methoxy groups -OCH3 is 2. The highest BCUT2D eigenvalue weighted by atomic mass is 35.5. The average Bonchev–Trinajstić information content (AvgIpc) is 2.29. The van der Waals surface area contributed by atoms with Gasteiger partial charge in [0.05, 0.1) is 13.7 Å². The lowest BCUT2D eigenvalue weighted by Gasteiger charge is -2.11. The van der Waals surface area contributed by atoms with Gasteiger partial charge in [-0.15, -0.1) is 11.6 Å². The van der Waals surface area contributed by atoms with E-state index in [0.717, 1.165) is 5.56 Å². The molecule has 0 heterocycles. The van der Waals surface area contributed by atoms with Crippen LogP contribution in [0.1, 0.15) is 5.56 Å². The molecule has 0 saturated carbocycles. The number of rotatable bonds is 6. The van der Waals surface area contributed by atoms with Crippen molar-refractivity contribution in [2.24, 2.45) is 0 Å². The molecule has 1 rings (SSSR count). The molecule has 0 fully saturated rings. The molecular formula is C11H15ClO3. The lowest BCUT2D eigenvalue weighted by molar-refractivity contribution is 0.144. The SMILES string of the molecule is COCCOc1ccc(CCl)cc1OC. The molecule has 15 heavy (non-hydrogen) atoms. The molecule has 0 aliphatic rings. The Morgan fingerprint density at radius 3 is 2.53 bits per heavy atom. The van der Waals surface area contributed by atoms with E-state index < -0.39 is 0 Å². The molecule has 0 unspecified atom stereocenters. The van der Waals surface area contributed by atoms with Gasteiger partial charge in [0, 0.05) is 13.0 Å². The second-order valence-corrected chi connectivity index (χ2v) is 3.23. The summed E-state index contributed by atoms with van der Waals surface area (Å²) in [6, 6.07) is 5.64. The summed E-state index contributed by atoms with van der Waals surface area (Å²) in [5.74, 6) is 1.88. The molecule has 3 nitrogen and oxygen atoms in total. The van der Waals surface area contributed by atoms with Crippen LogP contribution in [0.4, 0.5) is 0 Å². The Labute approximate surface area is 94.9 Å². The van der Waals surface area contributed by atoms with E-state index in [0.29, 0.717) is 30.6 Å². The second-order valence-electron chi connectivity index (χ2n) is 2.96. The Balaban J connectivity index is 2.69. The first-order valence-electron chi connectivity index (χ1n) is 4.66. The fraction of sp³-hybridized carbons (Fsp3) is 0.455. The zero-order valence-corrected chi connectivity index (χ0v) is 9.71. The molecule has 0 aliphatic carbocycles. The van der Waals surface area contributed by atoms with Gasteiger partial charge in [-0.2, -0.15) is 0 Å². The highest BCUT2D eigenvalue weighted by Gasteiger charge is 2.04. The van der Waals surface area contributed by atoms with Crippen LogP contribution < -0.4 is 9.47 Å². The molecule has 0 aromatic heterocycles. The van der Waals surface area contributed by atoms with Gasteiger partial charge >= 0.3 is 0 Å². The smallest absolute Gasteiger partial charge is 0.161 e. The van der Waals surface area contributed by atoms with Gasteiger partial charge < -0.3 is 14.2 Å². The van der Waals surface area contributed by atoms with E-state index in [9.17, 15) is 0 Å². The molecule has 0 saturated heterocycles. The van der Waals surface area contributed by atoms with E-state index >= 15 is 0 Å². The van der Waals surface area contributed by atoms with Crippen LogP contribution in [0.2, 0.25) is 0 Å². The minimum atomic E-state index is 0.467. The van der Waals surface area contributed by atoms with Crippen molar-refractivity contribution in [1.82, 2.24) is 0 Å². The molecule has 4 heteroatoms. The maximum absolute atomic E-state index is 5.72. The topological polar surface area (TPSA) is 27.7 Å². The van der Waals surface area contributed by atoms with Crippen molar-refractivity contribution in [3.63, 3.8) is 0 Å². The summed E-state index contributed by atoms with van der Waals surface area (Å²) in [5, 5.41) is 0. The standard InChI is InChI=1S/C11H15ClO3/c1-13-5-6-15-10-4-3-9(8-12)7-11(10)14-2/h3-4,7H,5-6,8H2,1-2H3.